The van der Waals surface area contributed by atoms with Gasteiger partial charge in [0.1, 0.15) is 6.04 Å². The predicted molar refractivity (Wildman–Crippen MR) is 126 cm³/mol. The molecule has 2 aromatic carbocycles. The lowest BCUT2D eigenvalue weighted by atomic mass is 9.96. The summed E-state index contributed by atoms with van der Waals surface area (Å²) in [7, 11) is 0. The van der Waals surface area contributed by atoms with Gasteiger partial charge in [-0.25, -0.2) is 0 Å². The lowest BCUT2D eigenvalue weighted by Gasteiger charge is -2.30. The van der Waals surface area contributed by atoms with Gasteiger partial charge in [0.05, 0.1) is 16.1 Å². The minimum Gasteiger partial charge on any atom is -0.382 e. The topological polar surface area (TPSA) is 78.4 Å². The molecule has 0 spiro atoms. The SMILES string of the molecule is CC(C)C(NC(=O)C(Cc1ccccc1)NC(=O)CCc1ccc(Cl)c(Cl)c1)C(O)C(F)(F)F. The highest BCUT2D eigenvalue weighted by Crippen LogP contribution is 2.26. The molecule has 186 valence electrons. The van der Waals surface area contributed by atoms with Crippen LogP contribution in [0.4, 0.5) is 13.2 Å². The number of aliphatic hydroxyl groups excluding tert-OH is 1. The molecule has 5 nitrogen and oxygen atoms in total. The van der Waals surface area contributed by atoms with Crippen molar-refractivity contribution in [1.82, 2.24) is 10.6 Å². The number of aliphatic hydroxyl groups is 1. The largest absolute Gasteiger partial charge is 0.416 e. The summed E-state index contributed by atoms with van der Waals surface area (Å²) in [5.41, 5.74) is 1.48. The van der Waals surface area contributed by atoms with Crippen LogP contribution < -0.4 is 10.6 Å². The first-order chi connectivity index (χ1) is 15.9. The van der Waals surface area contributed by atoms with E-state index in [0.717, 1.165) is 5.56 Å². The van der Waals surface area contributed by atoms with Gasteiger partial charge in [-0.05, 0) is 35.6 Å². The number of rotatable bonds is 10. The molecular weight excluding hydrogens is 492 g/mol. The summed E-state index contributed by atoms with van der Waals surface area (Å²) in [5, 5.41) is 15.3. The van der Waals surface area contributed by atoms with Crippen LogP contribution in [0.15, 0.2) is 48.5 Å². The Bertz CT molecular complexity index is 972. The number of nitrogens with one attached hydrogen (secondary N) is 2. The second-order valence-electron chi connectivity index (χ2n) is 8.32. The Balaban J connectivity index is 2.13. The van der Waals surface area contributed by atoms with Crippen LogP contribution in [-0.4, -0.2) is 41.3 Å². The Morgan fingerprint density at radius 2 is 1.62 bits per heavy atom. The van der Waals surface area contributed by atoms with Crippen LogP contribution >= 0.6 is 23.2 Å². The maximum absolute atomic E-state index is 13.1. The zero-order valence-corrected chi connectivity index (χ0v) is 20.2. The molecule has 2 aromatic rings. The summed E-state index contributed by atoms with van der Waals surface area (Å²) in [5.74, 6) is -1.98. The molecule has 0 radical (unpaired) electrons. The monoisotopic (exact) mass is 518 g/mol. The Kier molecular flexibility index (Phi) is 10.2. The number of halogens is 5. The first-order valence-electron chi connectivity index (χ1n) is 10.7. The van der Waals surface area contributed by atoms with Gasteiger partial charge in [0.2, 0.25) is 11.8 Å². The molecule has 0 saturated carbocycles. The van der Waals surface area contributed by atoms with Crippen LogP contribution in [0.3, 0.4) is 0 Å². The Morgan fingerprint density at radius 3 is 2.18 bits per heavy atom. The van der Waals surface area contributed by atoms with Crippen molar-refractivity contribution in [2.45, 2.75) is 57.5 Å². The maximum Gasteiger partial charge on any atom is 0.416 e. The number of carbonyl (C=O) groups is 2. The van der Waals surface area contributed by atoms with E-state index in [9.17, 15) is 27.9 Å². The van der Waals surface area contributed by atoms with Gasteiger partial charge in [0.25, 0.3) is 0 Å². The molecule has 0 fully saturated rings. The van der Waals surface area contributed by atoms with Crippen LogP contribution in [0.25, 0.3) is 0 Å². The average Bonchev–Trinajstić information content (AvgIpc) is 2.77. The quantitative estimate of drug-likeness (QED) is 0.425. The van der Waals surface area contributed by atoms with Crippen molar-refractivity contribution in [2.24, 2.45) is 5.92 Å². The van der Waals surface area contributed by atoms with E-state index in [-0.39, 0.29) is 12.8 Å². The van der Waals surface area contributed by atoms with E-state index in [1.165, 1.54) is 13.8 Å². The van der Waals surface area contributed by atoms with E-state index in [1.54, 1.807) is 48.5 Å². The summed E-state index contributed by atoms with van der Waals surface area (Å²) in [6.07, 6.45) is -7.23. The third-order valence-electron chi connectivity index (χ3n) is 5.26. The summed E-state index contributed by atoms with van der Waals surface area (Å²) in [4.78, 5) is 25.6. The number of aryl methyl sites for hydroxylation is 1. The van der Waals surface area contributed by atoms with Crippen molar-refractivity contribution < 1.29 is 27.9 Å². The van der Waals surface area contributed by atoms with Gasteiger partial charge in [0, 0.05) is 12.8 Å². The van der Waals surface area contributed by atoms with Crippen LogP contribution in [-0.2, 0) is 22.4 Å². The van der Waals surface area contributed by atoms with Crippen LogP contribution in [0.5, 0.6) is 0 Å². The van der Waals surface area contributed by atoms with Gasteiger partial charge < -0.3 is 15.7 Å². The van der Waals surface area contributed by atoms with Gasteiger partial charge in [-0.2, -0.15) is 13.2 Å². The fraction of sp³-hybridized carbons (Fsp3) is 0.417. The highest BCUT2D eigenvalue weighted by molar-refractivity contribution is 6.42. The Hall–Kier alpha value is -2.29. The lowest BCUT2D eigenvalue weighted by Crippen LogP contribution is -2.57. The molecule has 3 N–H and O–H groups in total. The van der Waals surface area contributed by atoms with Crippen molar-refractivity contribution >= 4 is 35.0 Å². The fourth-order valence-corrected chi connectivity index (χ4v) is 3.68. The molecule has 10 heteroatoms. The van der Waals surface area contributed by atoms with E-state index in [2.05, 4.69) is 10.6 Å². The van der Waals surface area contributed by atoms with Gasteiger partial charge in [-0.3, -0.25) is 9.59 Å². The van der Waals surface area contributed by atoms with E-state index >= 15 is 0 Å². The molecular formula is C24H27Cl2F3N2O3. The van der Waals surface area contributed by atoms with E-state index < -0.39 is 42.1 Å². The smallest absolute Gasteiger partial charge is 0.382 e. The molecule has 0 saturated heterocycles. The van der Waals surface area contributed by atoms with Gasteiger partial charge in [0.15, 0.2) is 6.10 Å². The van der Waals surface area contributed by atoms with E-state index in [1.807, 2.05) is 0 Å². The molecule has 3 unspecified atom stereocenters. The third kappa shape index (κ3) is 8.49. The van der Waals surface area contributed by atoms with Crippen molar-refractivity contribution in [1.29, 1.82) is 0 Å². The van der Waals surface area contributed by atoms with Gasteiger partial charge in [-0.15, -0.1) is 0 Å². The summed E-state index contributed by atoms with van der Waals surface area (Å²) >= 11 is 11.9. The highest BCUT2D eigenvalue weighted by atomic mass is 35.5. The molecule has 2 rings (SSSR count). The van der Waals surface area contributed by atoms with Crippen LogP contribution in [0.1, 0.15) is 31.4 Å². The van der Waals surface area contributed by atoms with Crippen LogP contribution in [0.2, 0.25) is 10.0 Å². The molecule has 0 heterocycles. The number of carbonyl (C=O) groups excluding carboxylic acids is 2. The van der Waals surface area contributed by atoms with E-state index in [4.69, 9.17) is 23.2 Å². The number of alkyl halides is 3. The normalized spacial score (nSPS) is 14.4. The number of hydrogen-bond donors (Lipinski definition) is 3. The standard InChI is InChI=1S/C24H27Cl2F3N2O3/c1-14(2)21(22(33)24(27,28)29)31-23(34)19(13-15-6-4-3-5-7-15)30-20(32)11-9-16-8-10-17(25)18(26)12-16/h3-8,10,12,14,19,21-22,33H,9,11,13H2,1-2H3,(H,30,32)(H,31,34). The second-order valence-corrected chi connectivity index (χ2v) is 9.14. The average molecular weight is 519 g/mol. The highest BCUT2D eigenvalue weighted by Gasteiger charge is 2.45. The second kappa shape index (κ2) is 12.4. The number of amides is 2. The van der Waals surface area contributed by atoms with Crippen molar-refractivity contribution in [2.75, 3.05) is 0 Å². The Morgan fingerprint density at radius 1 is 0.971 bits per heavy atom. The number of hydrogen-bond acceptors (Lipinski definition) is 3. The zero-order chi connectivity index (χ0) is 25.5. The predicted octanol–water partition coefficient (Wildman–Crippen LogP) is 4.72. The van der Waals surface area contributed by atoms with Crippen LogP contribution in [0, 0.1) is 5.92 Å². The zero-order valence-electron chi connectivity index (χ0n) is 18.7. The van der Waals surface area contributed by atoms with Crippen molar-refractivity contribution in [3.8, 4) is 0 Å². The van der Waals surface area contributed by atoms with Gasteiger partial charge in [-0.1, -0.05) is 73.4 Å². The third-order valence-corrected chi connectivity index (χ3v) is 6.00. The minimum absolute atomic E-state index is 0.0231. The van der Waals surface area contributed by atoms with E-state index in [0.29, 0.717) is 22.0 Å². The Labute approximate surface area is 206 Å². The molecule has 3 atom stereocenters. The molecule has 0 aromatic heterocycles. The lowest BCUT2D eigenvalue weighted by molar-refractivity contribution is -0.215. The van der Waals surface area contributed by atoms with Crippen molar-refractivity contribution in [3.05, 3.63) is 69.7 Å². The molecule has 0 bridgehead atoms. The molecule has 0 aliphatic heterocycles. The summed E-state index contributed by atoms with van der Waals surface area (Å²) in [6.45, 7) is 2.92. The minimum atomic E-state index is -4.90. The number of benzene rings is 2. The first-order valence-corrected chi connectivity index (χ1v) is 11.5. The summed E-state index contributed by atoms with van der Waals surface area (Å²) < 4.78 is 39.3. The molecule has 0 aliphatic rings. The fourth-order valence-electron chi connectivity index (χ4n) is 3.36. The molecule has 2 amide bonds. The van der Waals surface area contributed by atoms with Crippen molar-refractivity contribution in [3.63, 3.8) is 0 Å². The maximum atomic E-state index is 13.1. The first kappa shape index (κ1) is 28.0. The van der Waals surface area contributed by atoms with Gasteiger partial charge >= 0.3 is 6.18 Å². The summed E-state index contributed by atoms with van der Waals surface area (Å²) in [6, 6.07) is 11.0. The molecule has 0 aliphatic carbocycles. The molecule has 34 heavy (non-hydrogen) atoms.